The average molecular weight is 429 g/mol. The number of aryl methyl sites for hydroxylation is 4. The van der Waals surface area contributed by atoms with Crippen LogP contribution in [0.5, 0.6) is 5.88 Å². The Morgan fingerprint density at radius 2 is 1.59 bits per heavy atom. The fourth-order valence-corrected chi connectivity index (χ4v) is 3.76. The van der Waals surface area contributed by atoms with Crippen LogP contribution in [0, 0.1) is 13.8 Å². The lowest BCUT2D eigenvalue weighted by atomic mass is 10.1. The van der Waals surface area contributed by atoms with Gasteiger partial charge in [-0.3, -0.25) is 4.79 Å². The van der Waals surface area contributed by atoms with Crippen LogP contribution in [-0.2, 0) is 17.6 Å². The number of benzene rings is 2. The van der Waals surface area contributed by atoms with E-state index >= 15 is 0 Å². The highest BCUT2D eigenvalue weighted by atomic mass is 16.5. The Hall–Kier alpha value is -3.67. The molecule has 0 aliphatic heterocycles. The van der Waals surface area contributed by atoms with Crippen molar-refractivity contribution in [2.75, 3.05) is 11.9 Å². The number of anilines is 1. The number of rotatable bonds is 7. The summed E-state index contributed by atoms with van der Waals surface area (Å²) in [5, 5.41) is 8.56. The largest absolute Gasteiger partial charge is 0.467 e. The van der Waals surface area contributed by atoms with Gasteiger partial charge in [0.05, 0.1) is 11.4 Å². The first-order chi connectivity index (χ1) is 15.5. The number of nitrogens with one attached hydrogen (secondary N) is 1. The molecule has 0 aliphatic rings. The molecule has 0 fully saturated rings. The molecule has 0 spiro atoms. The molecule has 164 valence electrons. The van der Waals surface area contributed by atoms with Gasteiger partial charge in [-0.2, -0.15) is 10.1 Å². The van der Waals surface area contributed by atoms with Gasteiger partial charge < -0.3 is 10.1 Å². The molecule has 2 aromatic carbocycles. The molecule has 0 saturated carbocycles. The lowest BCUT2D eigenvalue weighted by Crippen LogP contribution is -2.20. The quantitative estimate of drug-likeness (QED) is 0.440. The highest BCUT2D eigenvalue weighted by molar-refractivity contribution is 5.92. The number of ether oxygens (including phenoxy) is 1. The predicted octanol–water partition coefficient (Wildman–Crippen LogP) is 5.18. The van der Waals surface area contributed by atoms with E-state index in [0.29, 0.717) is 5.88 Å². The van der Waals surface area contributed by atoms with Gasteiger partial charge in [0.1, 0.15) is 0 Å². The molecule has 0 saturated heterocycles. The summed E-state index contributed by atoms with van der Waals surface area (Å²) in [6.07, 6.45) is 1.95. The van der Waals surface area contributed by atoms with Crippen LogP contribution >= 0.6 is 0 Å². The van der Waals surface area contributed by atoms with Crippen LogP contribution in [0.2, 0.25) is 0 Å². The molecule has 4 aromatic rings. The van der Waals surface area contributed by atoms with E-state index in [1.807, 2.05) is 61.0 Å². The number of fused-ring (bicyclic) bond motifs is 1. The third kappa shape index (κ3) is 4.49. The molecule has 1 N–H and O–H groups in total. The van der Waals surface area contributed by atoms with Crippen molar-refractivity contribution in [3.63, 3.8) is 0 Å². The number of aromatic nitrogens is 3. The smallest absolute Gasteiger partial charge is 0.262 e. The van der Waals surface area contributed by atoms with E-state index in [9.17, 15) is 4.79 Å². The van der Waals surface area contributed by atoms with Crippen molar-refractivity contribution in [2.24, 2.45) is 0 Å². The number of carbonyl (C=O) groups is 1. The van der Waals surface area contributed by atoms with E-state index < -0.39 is 0 Å². The average Bonchev–Trinajstić information content (AvgIpc) is 3.15. The van der Waals surface area contributed by atoms with Crippen LogP contribution in [0.4, 0.5) is 5.69 Å². The number of hydrogen-bond acceptors (Lipinski definition) is 4. The van der Waals surface area contributed by atoms with Gasteiger partial charge in [-0.25, -0.2) is 4.68 Å². The molecule has 2 aromatic heterocycles. The van der Waals surface area contributed by atoms with Gasteiger partial charge >= 0.3 is 0 Å². The number of nitrogens with zero attached hydrogens (tertiary/aromatic N) is 3. The van der Waals surface area contributed by atoms with Crippen molar-refractivity contribution in [3.8, 4) is 11.6 Å². The van der Waals surface area contributed by atoms with Crippen molar-refractivity contribution in [1.29, 1.82) is 0 Å². The molecule has 1 amide bonds. The molecule has 0 radical (unpaired) electrons. The molecule has 0 bridgehead atoms. The molecular formula is C26H28N4O2. The third-order valence-electron chi connectivity index (χ3n) is 5.57. The van der Waals surface area contributed by atoms with Crippen LogP contribution in [0.25, 0.3) is 16.7 Å². The summed E-state index contributed by atoms with van der Waals surface area (Å²) in [7, 11) is 0. The Labute approximate surface area is 188 Å². The van der Waals surface area contributed by atoms with Crippen LogP contribution in [0.3, 0.4) is 0 Å². The minimum Gasteiger partial charge on any atom is -0.467 e. The maximum atomic E-state index is 12.4. The standard InChI is InChI=1S/C26H28N4O2/c1-5-19-7-11-21(12-8-19)27-23(31)16-32-24-15-17(3)25-18(4)29-30(26(25)28-24)22-13-9-20(6-2)10-14-22/h7-15H,5-6,16H2,1-4H3,(H,27,31). The zero-order valence-corrected chi connectivity index (χ0v) is 19.0. The molecule has 2 heterocycles. The second kappa shape index (κ2) is 9.22. The zero-order valence-electron chi connectivity index (χ0n) is 19.0. The summed E-state index contributed by atoms with van der Waals surface area (Å²) in [5.41, 5.74) is 6.82. The van der Waals surface area contributed by atoms with Gasteiger partial charge in [-0.05, 0) is 67.6 Å². The maximum Gasteiger partial charge on any atom is 0.262 e. The highest BCUT2D eigenvalue weighted by Crippen LogP contribution is 2.27. The van der Waals surface area contributed by atoms with Crippen LogP contribution in [0.1, 0.15) is 36.2 Å². The Morgan fingerprint density at radius 1 is 0.969 bits per heavy atom. The van der Waals surface area contributed by atoms with Crippen molar-refractivity contribution in [2.45, 2.75) is 40.5 Å². The summed E-state index contributed by atoms with van der Waals surface area (Å²) >= 11 is 0. The predicted molar refractivity (Wildman–Crippen MR) is 128 cm³/mol. The lowest BCUT2D eigenvalue weighted by Gasteiger charge is -2.09. The van der Waals surface area contributed by atoms with E-state index in [1.165, 1.54) is 11.1 Å². The SMILES string of the molecule is CCc1ccc(NC(=O)COc2cc(C)c3c(C)nn(-c4ccc(CC)cc4)c3n2)cc1. The summed E-state index contributed by atoms with van der Waals surface area (Å²) in [6.45, 7) is 8.09. The Morgan fingerprint density at radius 3 is 2.22 bits per heavy atom. The second-order valence-corrected chi connectivity index (χ2v) is 7.88. The maximum absolute atomic E-state index is 12.4. The van der Waals surface area contributed by atoms with Crippen LogP contribution in [0.15, 0.2) is 54.6 Å². The van der Waals surface area contributed by atoms with Gasteiger partial charge in [0.25, 0.3) is 5.91 Å². The monoisotopic (exact) mass is 428 g/mol. The fraction of sp³-hybridized carbons (Fsp3) is 0.269. The molecule has 32 heavy (non-hydrogen) atoms. The number of hydrogen-bond donors (Lipinski definition) is 1. The molecule has 6 nitrogen and oxygen atoms in total. The lowest BCUT2D eigenvalue weighted by molar-refractivity contribution is -0.118. The van der Waals surface area contributed by atoms with Crippen molar-refractivity contribution >= 4 is 22.6 Å². The second-order valence-electron chi connectivity index (χ2n) is 7.88. The van der Waals surface area contributed by atoms with E-state index in [2.05, 4.69) is 36.3 Å². The Balaban J connectivity index is 1.54. The first-order valence-corrected chi connectivity index (χ1v) is 11.0. The molecule has 0 aliphatic carbocycles. The molecule has 0 atom stereocenters. The highest BCUT2D eigenvalue weighted by Gasteiger charge is 2.15. The van der Waals surface area contributed by atoms with E-state index in [-0.39, 0.29) is 12.5 Å². The van der Waals surface area contributed by atoms with E-state index in [0.717, 1.165) is 46.5 Å². The van der Waals surface area contributed by atoms with Gasteiger partial charge in [-0.15, -0.1) is 0 Å². The van der Waals surface area contributed by atoms with Gasteiger partial charge in [0.2, 0.25) is 5.88 Å². The van der Waals surface area contributed by atoms with E-state index in [1.54, 1.807) is 0 Å². The molecule has 4 rings (SSSR count). The summed E-state index contributed by atoms with van der Waals surface area (Å²) in [4.78, 5) is 17.0. The van der Waals surface area contributed by atoms with E-state index in [4.69, 9.17) is 9.84 Å². The molecule has 0 unspecified atom stereocenters. The first-order valence-electron chi connectivity index (χ1n) is 11.0. The fourth-order valence-electron chi connectivity index (χ4n) is 3.76. The minimum atomic E-state index is -0.228. The zero-order chi connectivity index (χ0) is 22.7. The van der Waals surface area contributed by atoms with Crippen LogP contribution in [-0.4, -0.2) is 27.3 Å². The summed E-state index contributed by atoms with van der Waals surface area (Å²) < 4.78 is 7.58. The minimum absolute atomic E-state index is 0.119. The first kappa shape index (κ1) is 21.6. The van der Waals surface area contributed by atoms with Crippen LogP contribution < -0.4 is 10.1 Å². The van der Waals surface area contributed by atoms with Gasteiger partial charge in [0, 0.05) is 17.1 Å². The van der Waals surface area contributed by atoms with Crippen molar-refractivity contribution < 1.29 is 9.53 Å². The Bertz CT molecular complexity index is 1240. The molecule has 6 heteroatoms. The third-order valence-corrected chi connectivity index (χ3v) is 5.57. The number of amides is 1. The Kier molecular flexibility index (Phi) is 6.21. The van der Waals surface area contributed by atoms with Gasteiger partial charge in [0.15, 0.2) is 12.3 Å². The number of carbonyl (C=O) groups excluding carboxylic acids is 1. The van der Waals surface area contributed by atoms with Crippen molar-refractivity contribution in [1.82, 2.24) is 14.8 Å². The van der Waals surface area contributed by atoms with Gasteiger partial charge in [-0.1, -0.05) is 38.1 Å². The normalized spacial score (nSPS) is 11.0. The topological polar surface area (TPSA) is 69.0 Å². The molecular weight excluding hydrogens is 400 g/mol. The van der Waals surface area contributed by atoms with Crippen molar-refractivity contribution in [3.05, 3.63) is 77.0 Å². The summed E-state index contributed by atoms with van der Waals surface area (Å²) in [5.74, 6) is 0.173. The number of pyridine rings is 1. The summed E-state index contributed by atoms with van der Waals surface area (Å²) in [6, 6.07) is 18.0.